The number of allylic oxidation sites excluding steroid dienone is 2. The summed E-state index contributed by atoms with van der Waals surface area (Å²) in [5.41, 5.74) is 0. The maximum absolute atomic E-state index is 12.6. The second-order valence-corrected chi connectivity index (χ2v) is 16.4. The molecule has 0 rings (SSSR count). The van der Waals surface area contributed by atoms with Crippen molar-refractivity contribution in [2.24, 2.45) is 0 Å². The van der Waals surface area contributed by atoms with Crippen molar-refractivity contribution in [2.75, 3.05) is 13.2 Å². The molecule has 6 heteroatoms. The predicted octanol–water partition coefficient (Wildman–Crippen LogP) is 15.4. The van der Waals surface area contributed by atoms with Crippen LogP contribution in [0.15, 0.2) is 12.2 Å². The Labute approximate surface area is 341 Å². The van der Waals surface area contributed by atoms with Gasteiger partial charge in [-0.3, -0.25) is 14.4 Å². The molecule has 0 aromatic heterocycles. The molecule has 0 aliphatic heterocycles. The number of hydrogen-bond acceptors (Lipinski definition) is 6. The Morgan fingerprint density at radius 2 is 0.636 bits per heavy atom. The lowest BCUT2D eigenvalue weighted by molar-refractivity contribution is -0.167. The van der Waals surface area contributed by atoms with Crippen molar-refractivity contribution >= 4 is 17.9 Å². The van der Waals surface area contributed by atoms with Crippen LogP contribution in [-0.4, -0.2) is 37.2 Å². The summed E-state index contributed by atoms with van der Waals surface area (Å²) in [6.07, 6.45) is 48.0. The standard InChI is InChI=1S/C49H92O6/c1-4-7-10-13-16-18-20-21-22-23-24-25-26-27-28-29-30-32-33-36-39-42-48(51)54-45-46(44-53-47(50)41-38-35-15-12-9-6-3)55-49(52)43-40-37-34-31-19-17-14-11-8-5-2/h11,14,46H,4-10,12-13,15-45H2,1-3H3/b14-11-. The first-order chi connectivity index (χ1) is 27.0. The van der Waals surface area contributed by atoms with Gasteiger partial charge in [-0.25, -0.2) is 0 Å². The van der Waals surface area contributed by atoms with E-state index in [2.05, 4.69) is 32.9 Å². The molecule has 0 spiro atoms. The van der Waals surface area contributed by atoms with Gasteiger partial charge in [-0.15, -0.1) is 0 Å². The third-order valence-electron chi connectivity index (χ3n) is 10.8. The second kappa shape index (κ2) is 44.9. The molecule has 0 fully saturated rings. The first kappa shape index (κ1) is 53.1. The zero-order chi connectivity index (χ0) is 40.1. The number of carbonyl (C=O) groups excluding carboxylic acids is 3. The molecule has 0 saturated heterocycles. The van der Waals surface area contributed by atoms with Gasteiger partial charge >= 0.3 is 17.9 Å². The SMILES string of the molecule is CCC/C=C\CCCCCCCC(=O)OC(COC(=O)CCCCCCCC)COC(=O)CCCCCCCCCCCCCCCCCCCCCCC. The molecule has 1 atom stereocenters. The van der Waals surface area contributed by atoms with Gasteiger partial charge in [0.1, 0.15) is 13.2 Å². The van der Waals surface area contributed by atoms with E-state index in [1.165, 1.54) is 148 Å². The normalized spacial score (nSPS) is 12.0. The monoisotopic (exact) mass is 777 g/mol. The highest BCUT2D eigenvalue weighted by Crippen LogP contribution is 2.16. The van der Waals surface area contributed by atoms with Crippen LogP contribution in [-0.2, 0) is 28.6 Å². The Hall–Kier alpha value is -1.85. The van der Waals surface area contributed by atoms with E-state index in [9.17, 15) is 14.4 Å². The zero-order valence-corrected chi connectivity index (χ0v) is 37.0. The van der Waals surface area contributed by atoms with Gasteiger partial charge in [-0.05, 0) is 38.5 Å². The van der Waals surface area contributed by atoms with Crippen molar-refractivity contribution in [1.29, 1.82) is 0 Å². The highest BCUT2D eigenvalue weighted by atomic mass is 16.6. The van der Waals surface area contributed by atoms with E-state index in [1.807, 2.05) is 0 Å². The maximum Gasteiger partial charge on any atom is 0.306 e. The molecular weight excluding hydrogens is 685 g/mol. The topological polar surface area (TPSA) is 78.9 Å². The first-order valence-corrected chi connectivity index (χ1v) is 24.2. The number of hydrogen-bond donors (Lipinski definition) is 0. The Morgan fingerprint density at radius 1 is 0.345 bits per heavy atom. The molecule has 0 saturated carbocycles. The predicted molar refractivity (Wildman–Crippen MR) is 233 cm³/mol. The van der Waals surface area contributed by atoms with Crippen molar-refractivity contribution in [1.82, 2.24) is 0 Å². The van der Waals surface area contributed by atoms with Gasteiger partial charge in [-0.1, -0.05) is 219 Å². The zero-order valence-electron chi connectivity index (χ0n) is 37.0. The summed E-state index contributed by atoms with van der Waals surface area (Å²) in [4.78, 5) is 37.5. The van der Waals surface area contributed by atoms with Gasteiger partial charge in [0, 0.05) is 19.3 Å². The van der Waals surface area contributed by atoms with E-state index in [0.717, 1.165) is 77.0 Å². The van der Waals surface area contributed by atoms with Gasteiger partial charge < -0.3 is 14.2 Å². The molecule has 1 unspecified atom stereocenters. The third-order valence-corrected chi connectivity index (χ3v) is 10.8. The van der Waals surface area contributed by atoms with Crippen LogP contribution < -0.4 is 0 Å². The summed E-state index contributed by atoms with van der Waals surface area (Å²) >= 11 is 0. The average Bonchev–Trinajstić information content (AvgIpc) is 3.18. The lowest BCUT2D eigenvalue weighted by Crippen LogP contribution is -2.30. The van der Waals surface area contributed by atoms with Gasteiger partial charge in [0.05, 0.1) is 0 Å². The maximum atomic E-state index is 12.6. The lowest BCUT2D eigenvalue weighted by atomic mass is 10.0. The average molecular weight is 777 g/mol. The van der Waals surface area contributed by atoms with Crippen LogP contribution in [0.2, 0.25) is 0 Å². The number of unbranched alkanes of at least 4 members (excludes halogenated alkanes) is 31. The summed E-state index contributed by atoms with van der Waals surface area (Å²) in [6.45, 7) is 6.53. The number of carbonyl (C=O) groups is 3. The fourth-order valence-corrected chi connectivity index (χ4v) is 7.09. The largest absolute Gasteiger partial charge is 0.462 e. The van der Waals surface area contributed by atoms with Crippen LogP contribution in [0.1, 0.15) is 265 Å². The third kappa shape index (κ3) is 43.1. The summed E-state index contributed by atoms with van der Waals surface area (Å²) in [6, 6.07) is 0. The van der Waals surface area contributed by atoms with Crippen molar-refractivity contribution in [3.63, 3.8) is 0 Å². The molecule has 324 valence electrons. The quantitative estimate of drug-likeness (QED) is 0.0265. The fraction of sp³-hybridized carbons (Fsp3) is 0.898. The molecule has 0 N–H and O–H groups in total. The summed E-state index contributed by atoms with van der Waals surface area (Å²) < 4.78 is 16.6. The van der Waals surface area contributed by atoms with Gasteiger partial charge in [0.25, 0.3) is 0 Å². The molecule has 0 amide bonds. The Bertz CT molecular complexity index is 854. The van der Waals surface area contributed by atoms with E-state index >= 15 is 0 Å². The van der Waals surface area contributed by atoms with Crippen LogP contribution >= 0.6 is 0 Å². The number of rotatable bonds is 44. The molecule has 0 aliphatic rings. The van der Waals surface area contributed by atoms with Crippen LogP contribution in [0.3, 0.4) is 0 Å². The van der Waals surface area contributed by atoms with Crippen LogP contribution in [0, 0.1) is 0 Å². The van der Waals surface area contributed by atoms with E-state index in [1.54, 1.807) is 0 Å². The molecule has 0 radical (unpaired) electrons. The summed E-state index contributed by atoms with van der Waals surface area (Å²) in [5.74, 6) is -0.881. The Balaban J connectivity index is 4.07. The van der Waals surface area contributed by atoms with Gasteiger partial charge in [0.2, 0.25) is 0 Å². The number of esters is 3. The highest BCUT2D eigenvalue weighted by molar-refractivity contribution is 5.71. The lowest BCUT2D eigenvalue weighted by Gasteiger charge is -2.18. The van der Waals surface area contributed by atoms with E-state index in [0.29, 0.717) is 19.3 Å². The molecule has 0 bridgehead atoms. The molecule has 0 aliphatic carbocycles. The minimum atomic E-state index is -0.764. The summed E-state index contributed by atoms with van der Waals surface area (Å²) in [7, 11) is 0. The van der Waals surface area contributed by atoms with Crippen molar-refractivity contribution in [3.05, 3.63) is 12.2 Å². The molecule has 55 heavy (non-hydrogen) atoms. The minimum Gasteiger partial charge on any atom is -0.462 e. The van der Waals surface area contributed by atoms with Crippen LogP contribution in [0.4, 0.5) is 0 Å². The second-order valence-electron chi connectivity index (χ2n) is 16.4. The molecular formula is C49H92O6. The van der Waals surface area contributed by atoms with Crippen molar-refractivity contribution in [2.45, 2.75) is 271 Å². The van der Waals surface area contributed by atoms with Crippen molar-refractivity contribution < 1.29 is 28.6 Å². The van der Waals surface area contributed by atoms with Gasteiger partial charge in [-0.2, -0.15) is 0 Å². The smallest absolute Gasteiger partial charge is 0.306 e. The molecule has 0 heterocycles. The number of ether oxygens (including phenoxy) is 3. The fourth-order valence-electron chi connectivity index (χ4n) is 7.09. The van der Waals surface area contributed by atoms with Crippen molar-refractivity contribution in [3.8, 4) is 0 Å². The molecule has 6 nitrogen and oxygen atoms in total. The van der Waals surface area contributed by atoms with E-state index in [4.69, 9.17) is 14.2 Å². The summed E-state index contributed by atoms with van der Waals surface area (Å²) in [5, 5.41) is 0. The first-order valence-electron chi connectivity index (χ1n) is 24.2. The molecule has 0 aromatic carbocycles. The van der Waals surface area contributed by atoms with Crippen LogP contribution in [0.5, 0.6) is 0 Å². The van der Waals surface area contributed by atoms with Gasteiger partial charge in [0.15, 0.2) is 6.10 Å². The minimum absolute atomic E-state index is 0.0698. The van der Waals surface area contributed by atoms with E-state index < -0.39 is 6.10 Å². The Kier molecular flexibility index (Phi) is 43.4. The van der Waals surface area contributed by atoms with E-state index in [-0.39, 0.29) is 31.1 Å². The highest BCUT2D eigenvalue weighted by Gasteiger charge is 2.19. The Morgan fingerprint density at radius 3 is 0.982 bits per heavy atom. The van der Waals surface area contributed by atoms with Crippen LogP contribution in [0.25, 0.3) is 0 Å². The molecule has 0 aromatic rings.